The summed E-state index contributed by atoms with van der Waals surface area (Å²) in [6.45, 7) is 0. The van der Waals surface area contributed by atoms with Gasteiger partial charge in [-0.15, -0.1) is 0 Å². The van der Waals surface area contributed by atoms with Crippen LogP contribution in [0.15, 0.2) is 0 Å². The Hall–Kier alpha value is 0.805. The van der Waals surface area contributed by atoms with E-state index in [0.29, 0.717) is 0 Å². The number of hydrogen-bond donors (Lipinski definition) is 1. The normalized spacial score (nSPS) is 9.67. The van der Waals surface area contributed by atoms with Gasteiger partial charge in [0.05, 0.1) is 0 Å². The predicted molar refractivity (Wildman–Crippen MR) is 12.3 cm³/mol. The van der Waals surface area contributed by atoms with E-state index in [-0.39, 0.29) is 27.7 Å². The summed E-state index contributed by atoms with van der Waals surface area (Å²) >= 11 is 0. The molecular formula is HHgO4S-. The van der Waals surface area contributed by atoms with Gasteiger partial charge in [-0.1, -0.05) is 0 Å². The Morgan fingerprint density at radius 1 is 1.50 bits per heavy atom. The molecule has 0 aromatic heterocycles. The summed E-state index contributed by atoms with van der Waals surface area (Å²) in [6.07, 6.45) is 0. The van der Waals surface area contributed by atoms with E-state index in [1.165, 1.54) is 0 Å². The van der Waals surface area contributed by atoms with Crippen molar-refractivity contribution in [1.29, 1.82) is 0 Å². The minimum absolute atomic E-state index is 0. The Morgan fingerprint density at radius 2 is 1.50 bits per heavy atom. The SMILES string of the molecule is O=S(=O)([O-])O.[Hg]. The second kappa shape index (κ2) is 2.89. The molecule has 0 radical (unpaired) electrons. The van der Waals surface area contributed by atoms with E-state index in [1.54, 1.807) is 0 Å². The largest absolute Gasteiger partial charge is 0.726 e. The van der Waals surface area contributed by atoms with Crippen LogP contribution in [-0.2, 0) is 38.1 Å². The smallest absolute Gasteiger partial charge is 0.215 e. The van der Waals surface area contributed by atoms with Gasteiger partial charge in [0, 0.05) is 27.7 Å². The van der Waals surface area contributed by atoms with Crippen LogP contribution in [0.2, 0.25) is 0 Å². The van der Waals surface area contributed by atoms with E-state index in [1.807, 2.05) is 0 Å². The molecule has 0 bridgehead atoms. The number of rotatable bonds is 0. The maximum Gasteiger partial charge on any atom is 0.215 e. The summed E-state index contributed by atoms with van der Waals surface area (Å²) in [5.41, 5.74) is 0. The second-order valence-corrected chi connectivity index (χ2v) is 1.28. The molecule has 0 heterocycles. The van der Waals surface area contributed by atoms with E-state index < -0.39 is 10.4 Å². The molecule has 0 aliphatic rings. The van der Waals surface area contributed by atoms with Crippen LogP contribution in [0.25, 0.3) is 0 Å². The van der Waals surface area contributed by atoms with Crippen LogP contribution >= 0.6 is 0 Å². The van der Waals surface area contributed by atoms with Crippen molar-refractivity contribution in [3.05, 3.63) is 0 Å². The van der Waals surface area contributed by atoms with E-state index >= 15 is 0 Å². The Labute approximate surface area is 55.6 Å². The predicted octanol–water partition coefficient (Wildman–Crippen LogP) is -0.998. The molecule has 1 N–H and O–H groups in total. The van der Waals surface area contributed by atoms with Crippen LogP contribution in [0, 0.1) is 0 Å². The molecule has 0 aromatic rings. The maximum atomic E-state index is 8.63. The van der Waals surface area contributed by atoms with E-state index in [0.717, 1.165) is 0 Å². The zero-order valence-electron chi connectivity index (χ0n) is 2.79. The van der Waals surface area contributed by atoms with Gasteiger partial charge in [0.15, 0.2) is 0 Å². The van der Waals surface area contributed by atoms with Crippen molar-refractivity contribution < 1.29 is 45.2 Å². The number of hydrogen-bond acceptors (Lipinski definition) is 3. The van der Waals surface area contributed by atoms with Gasteiger partial charge < -0.3 is 4.55 Å². The summed E-state index contributed by atoms with van der Waals surface area (Å²) in [6, 6.07) is 0. The molecule has 0 rings (SSSR count). The second-order valence-electron chi connectivity index (χ2n) is 0.428. The molecular weight excluding hydrogens is 297 g/mol. The molecule has 0 aliphatic heterocycles. The molecule has 6 heteroatoms. The summed E-state index contributed by atoms with van der Waals surface area (Å²) in [5, 5.41) is 0. The van der Waals surface area contributed by atoms with Gasteiger partial charge in [0.1, 0.15) is 0 Å². The first kappa shape index (κ1) is 9.93. The van der Waals surface area contributed by atoms with Crippen LogP contribution in [0.3, 0.4) is 0 Å². The van der Waals surface area contributed by atoms with Crippen LogP contribution in [0.4, 0.5) is 0 Å². The van der Waals surface area contributed by atoms with Gasteiger partial charge in [0.25, 0.3) is 0 Å². The van der Waals surface area contributed by atoms with Crippen LogP contribution in [0.5, 0.6) is 0 Å². The molecule has 0 unspecified atom stereocenters. The quantitative estimate of drug-likeness (QED) is 0.353. The summed E-state index contributed by atoms with van der Waals surface area (Å²) in [7, 11) is -4.92. The van der Waals surface area contributed by atoms with Crippen molar-refractivity contribution in [3.63, 3.8) is 0 Å². The Morgan fingerprint density at radius 3 is 1.50 bits per heavy atom. The van der Waals surface area contributed by atoms with Crippen molar-refractivity contribution in [2.45, 2.75) is 0 Å². The van der Waals surface area contributed by atoms with Gasteiger partial charge in [0.2, 0.25) is 10.4 Å². The fourth-order valence-electron chi connectivity index (χ4n) is 0. The summed E-state index contributed by atoms with van der Waals surface area (Å²) < 4.78 is 32.8. The third-order valence-corrected chi connectivity index (χ3v) is 0. The van der Waals surface area contributed by atoms with Gasteiger partial charge in [-0.2, -0.15) is 0 Å². The Kier molecular flexibility index (Phi) is 4.79. The molecule has 0 spiro atoms. The third kappa shape index (κ3) is 107. The van der Waals surface area contributed by atoms with E-state index in [4.69, 9.17) is 17.5 Å². The first-order chi connectivity index (χ1) is 2.00. The Balaban J connectivity index is 0. The van der Waals surface area contributed by atoms with Crippen LogP contribution < -0.4 is 0 Å². The Bertz CT molecular complexity index is 90.7. The summed E-state index contributed by atoms with van der Waals surface area (Å²) in [5.74, 6) is 0. The fourth-order valence-corrected chi connectivity index (χ4v) is 0. The van der Waals surface area contributed by atoms with Crippen molar-refractivity contribution in [2.75, 3.05) is 0 Å². The van der Waals surface area contributed by atoms with Crippen molar-refractivity contribution >= 4 is 10.4 Å². The molecule has 34 valence electrons. The zero-order valence-corrected chi connectivity index (χ0v) is 9.10. The van der Waals surface area contributed by atoms with Gasteiger partial charge in [-0.05, 0) is 0 Å². The molecule has 6 heavy (non-hydrogen) atoms. The molecule has 0 saturated carbocycles. The topological polar surface area (TPSA) is 77.4 Å². The minimum Gasteiger partial charge on any atom is -0.726 e. The molecule has 0 atom stereocenters. The third-order valence-electron chi connectivity index (χ3n) is 0. The first-order valence-corrected chi connectivity index (χ1v) is 2.05. The molecule has 4 nitrogen and oxygen atoms in total. The standard InChI is InChI=1S/Hg.H2O4S/c;1-5(2,3)4/h;(H2,1,2,3,4)/p-1. The monoisotopic (exact) mass is 299 g/mol. The van der Waals surface area contributed by atoms with E-state index in [2.05, 4.69) is 0 Å². The molecule has 0 aliphatic carbocycles. The maximum absolute atomic E-state index is 8.63. The zero-order chi connectivity index (χ0) is 4.50. The fraction of sp³-hybridized carbons (Fsp3) is 0. The molecule has 0 saturated heterocycles. The molecule has 0 amide bonds. The van der Waals surface area contributed by atoms with Gasteiger partial charge in [-0.25, -0.2) is 8.42 Å². The first-order valence-electron chi connectivity index (χ1n) is 0.683. The molecule has 0 fully saturated rings. The van der Waals surface area contributed by atoms with E-state index in [9.17, 15) is 0 Å². The van der Waals surface area contributed by atoms with Crippen molar-refractivity contribution in [1.82, 2.24) is 0 Å². The molecule has 0 aromatic carbocycles. The average molecular weight is 298 g/mol. The van der Waals surface area contributed by atoms with Crippen molar-refractivity contribution in [3.8, 4) is 0 Å². The minimum atomic E-state index is -4.92. The van der Waals surface area contributed by atoms with Gasteiger partial charge >= 0.3 is 0 Å². The average Bonchev–Trinajstić information content (AvgIpc) is 0.722. The van der Waals surface area contributed by atoms with Crippen LogP contribution in [-0.4, -0.2) is 17.5 Å². The van der Waals surface area contributed by atoms with Crippen molar-refractivity contribution in [2.24, 2.45) is 0 Å². The van der Waals surface area contributed by atoms with Gasteiger partial charge in [-0.3, -0.25) is 4.55 Å². The summed E-state index contributed by atoms with van der Waals surface area (Å²) in [4.78, 5) is 0. The van der Waals surface area contributed by atoms with Crippen LogP contribution in [0.1, 0.15) is 0 Å².